The van der Waals surface area contributed by atoms with Crippen molar-refractivity contribution in [3.8, 4) is 6.07 Å². The molecule has 4 heterocycles. The van der Waals surface area contributed by atoms with Crippen molar-refractivity contribution in [2.24, 2.45) is 0 Å². The fourth-order valence-corrected chi connectivity index (χ4v) is 4.78. The molecule has 1 saturated heterocycles. The van der Waals surface area contributed by atoms with Crippen molar-refractivity contribution in [1.82, 2.24) is 24.8 Å². The van der Waals surface area contributed by atoms with Crippen LogP contribution >= 0.6 is 11.6 Å². The highest BCUT2D eigenvalue weighted by atomic mass is 35.5. The second-order valence-electron chi connectivity index (χ2n) is 9.15. The number of likely N-dealkylation sites (N-methyl/N-ethyl adjacent to an activating group) is 1. The Morgan fingerprint density at radius 2 is 2.00 bits per heavy atom. The fourth-order valence-electron chi connectivity index (χ4n) is 4.51. The Balaban J connectivity index is 1.41. The zero-order valence-electron chi connectivity index (χ0n) is 20.4. The standard InChI is InChI=1S/C28H28ClN7/c1-19-24-8-9-32-28(24)25(29)14-26(19)34-27-20(16-31-17-21(27)15-30)6-7-22-4-3-5-23(33-22)18-36-12-10-35(2)11-13-36/h3-9,14,16-17,32H,10-13,18H2,1-2H3,(H,31,34)/b7-6+. The number of aryl methyl sites for hydroxylation is 1. The number of aromatic nitrogens is 3. The Kier molecular flexibility index (Phi) is 7.01. The van der Waals surface area contributed by atoms with Gasteiger partial charge in [0.2, 0.25) is 0 Å². The monoisotopic (exact) mass is 497 g/mol. The Morgan fingerprint density at radius 3 is 2.81 bits per heavy atom. The molecule has 7 nitrogen and oxygen atoms in total. The number of fused-ring (bicyclic) bond motifs is 1. The molecule has 36 heavy (non-hydrogen) atoms. The summed E-state index contributed by atoms with van der Waals surface area (Å²) in [4.78, 5) is 17.1. The van der Waals surface area contributed by atoms with Gasteiger partial charge in [-0.2, -0.15) is 5.26 Å². The lowest BCUT2D eigenvalue weighted by molar-refractivity contribution is 0.147. The number of pyridine rings is 2. The number of H-pyrrole nitrogens is 1. The number of benzene rings is 1. The van der Waals surface area contributed by atoms with Crippen molar-refractivity contribution in [2.75, 3.05) is 38.5 Å². The van der Waals surface area contributed by atoms with Crippen molar-refractivity contribution in [2.45, 2.75) is 13.5 Å². The number of hydrogen-bond donors (Lipinski definition) is 2. The summed E-state index contributed by atoms with van der Waals surface area (Å²) >= 11 is 6.51. The fraction of sp³-hybridized carbons (Fsp3) is 0.250. The number of nitriles is 1. The molecule has 8 heteroatoms. The molecule has 0 bridgehead atoms. The van der Waals surface area contributed by atoms with Crippen LogP contribution in [0.4, 0.5) is 11.4 Å². The van der Waals surface area contributed by atoms with Crippen LogP contribution in [-0.2, 0) is 6.54 Å². The summed E-state index contributed by atoms with van der Waals surface area (Å²) in [5.41, 5.74) is 6.64. The minimum Gasteiger partial charge on any atom is -0.360 e. The van der Waals surface area contributed by atoms with Gasteiger partial charge in [0.15, 0.2) is 0 Å². The van der Waals surface area contributed by atoms with Crippen LogP contribution in [0.5, 0.6) is 0 Å². The average Bonchev–Trinajstić information content (AvgIpc) is 3.39. The molecular weight excluding hydrogens is 470 g/mol. The van der Waals surface area contributed by atoms with E-state index in [1.54, 1.807) is 12.4 Å². The maximum atomic E-state index is 9.77. The Morgan fingerprint density at radius 1 is 1.17 bits per heavy atom. The van der Waals surface area contributed by atoms with Gasteiger partial charge in [0.25, 0.3) is 0 Å². The van der Waals surface area contributed by atoms with Crippen molar-refractivity contribution >= 4 is 46.0 Å². The molecule has 0 spiro atoms. The molecule has 0 saturated carbocycles. The quantitative estimate of drug-likeness (QED) is 0.368. The lowest BCUT2D eigenvalue weighted by Crippen LogP contribution is -2.44. The summed E-state index contributed by atoms with van der Waals surface area (Å²) in [6, 6.07) is 12.2. The highest BCUT2D eigenvalue weighted by Gasteiger charge is 2.15. The Bertz CT molecular complexity index is 1460. The van der Waals surface area contributed by atoms with Gasteiger partial charge >= 0.3 is 0 Å². The predicted molar refractivity (Wildman–Crippen MR) is 146 cm³/mol. The van der Waals surface area contributed by atoms with E-state index in [4.69, 9.17) is 16.6 Å². The van der Waals surface area contributed by atoms with Gasteiger partial charge in [-0.1, -0.05) is 17.7 Å². The molecule has 2 N–H and O–H groups in total. The second kappa shape index (κ2) is 10.5. The van der Waals surface area contributed by atoms with Gasteiger partial charge in [-0.3, -0.25) is 14.9 Å². The first kappa shape index (κ1) is 24.0. The highest BCUT2D eigenvalue weighted by Crippen LogP contribution is 2.35. The summed E-state index contributed by atoms with van der Waals surface area (Å²) < 4.78 is 0. The molecule has 1 fully saturated rings. The first-order valence-electron chi connectivity index (χ1n) is 12.0. The third kappa shape index (κ3) is 5.12. The third-order valence-electron chi connectivity index (χ3n) is 6.66. The number of nitrogens with zero attached hydrogens (tertiary/aromatic N) is 5. The molecule has 4 aromatic rings. The van der Waals surface area contributed by atoms with Gasteiger partial charge in [-0.05, 0) is 56.0 Å². The Hall–Kier alpha value is -3.70. The summed E-state index contributed by atoms with van der Waals surface area (Å²) in [7, 11) is 2.16. The summed E-state index contributed by atoms with van der Waals surface area (Å²) in [5.74, 6) is 0. The van der Waals surface area contributed by atoms with E-state index in [9.17, 15) is 5.26 Å². The van der Waals surface area contributed by atoms with Crippen LogP contribution in [0.25, 0.3) is 23.1 Å². The number of nitrogens with one attached hydrogen (secondary N) is 2. The minimum atomic E-state index is 0.457. The van der Waals surface area contributed by atoms with E-state index in [1.807, 2.05) is 49.5 Å². The van der Waals surface area contributed by atoms with Gasteiger partial charge in [0.1, 0.15) is 6.07 Å². The van der Waals surface area contributed by atoms with E-state index in [1.165, 1.54) is 0 Å². The third-order valence-corrected chi connectivity index (χ3v) is 6.96. The zero-order chi connectivity index (χ0) is 25.1. The number of rotatable bonds is 6. The van der Waals surface area contributed by atoms with Gasteiger partial charge in [0, 0.05) is 68.0 Å². The molecule has 1 aliphatic heterocycles. The number of anilines is 2. The number of hydrogen-bond acceptors (Lipinski definition) is 6. The highest BCUT2D eigenvalue weighted by molar-refractivity contribution is 6.35. The Labute approximate surface area is 216 Å². The van der Waals surface area contributed by atoms with Gasteiger partial charge in [-0.25, -0.2) is 0 Å². The van der Waals surface area contributed by atoms with E-state index in [0.29, 0.717) is 16.3 Å². The topological polar surface area (TPSA) is 83.9 Å². The molecule has 0 atom stereocenters. The SMILES string of the molecule is Cc1c(Nc2c(C#N)cncc2/C=C/c2cccc(CN3CCN(C)CC3)n2)cc(Cl)c2[nH]ccc12. The maximum Gasteiger partial charge on any atom is 0.103 e. The van der Waals surface area contributed by atoms with Crippen LogP contribution in [0.15, 0.2) is 48.9 Å². The average molecular weight is 498 g/mol. The minimum absolute atomic E-state index is 0.457. The molecule has 0 amide bonds. The summed E-state index contributed by atoms with van der Waals surface area (Å²) in [6.07, 6.45) is 9.11. The molecule has 5 rings (SSSR count). The van der Waals surface area contributed by atoms with Gasteiger partial charge in [0.05, 0.1) is 33.2 Å². The van der Waals surface area contributed by atoms with Crippen molar-refractivity contribution in [1.29, 1.82) is 5.26 Å². The first-order chi connectivity index (χ1) is 17.5. The van der Waals surface area contributed by atoms with E-state index in [0.717, 1.165) is 71.8 Å². The van der Waals surface area contributed by atoms with Crippen molar-refractivity contribution < 1.29 is 0 Å². The smallest absolute Gasteiger partial charge is 0.103 e. The van der Waals surface area contributed by atoms with E-state index in [-0.39, 0.29) is 0 Å². The molecule has 0 unspecified atom stereocenters. The number of piperazine rings is 1. The van der Waals surface area contributed by atoms with Crippen molar-refractivity contribution in [3.05, 3.63) is 82.0 Å². The van der Waals surface area contributed by atoms with Crippen LogP contribution in [0.3, 0.4) is 0 Å². The summed E-state index contributed by atoms with van der Waals surface area (Å²) in [6.45, 7) is 7.15. The molecule has 0 aliphatic carbocycles. The molecule has 3 aromatic heterocycles. The van der Waals surface area contributed by atoms with Crippen LogP contribution in [0.1, 0.15) is 28.1 Å². The van der Waals surface area contributed by atoms with Crippen molar-refractivity contribution in [3.63, 3.8) is 0 Å². The first-order valence-corrected chi connectivity index (χ1v) is 12.4. The lowest BCUT2D eigenvalue weighted by Gasteiger charge is -2.32. The normalized spacial score (nSPS) is 14.9. The molecule has 1 aromatic carbocycles. The maximum absolute atomic E-state index is 9.77. The molecule has 0 radical (unpaired) electrons. The van der Waals surface area contributed by atoms with Crippen LogP contribution in [0, 0.1) is 18.3 Å². The number of aromatic amines is 1. The van der Waals surface area contributed by atoms with Gasteiger partial charge in [-0.15, -0.1) is 0 Å². The van der Waals surface area contributed by atoms with Crippen LogP contribution < -0.4 is 5.32 Å². The zero-order valence-corrected chi connectivity index (χ0v) is 21.2. The largest absolute Gasteiger partial charge is 0.360 e. The van der Waals surface area contributed by atoms with E-state index < -0.39 is 0 Å². The van der Waals surface area contributed by atoms with E-state index in [2.05, 4.69) is 44.3 Å². The summed E-state index contributed by atoms with van der Waals surface area (Å²) in [5, 5.41) is 14.9. The van der Waals surface area contributed by atoms with Gasteiger partial charge < -0.3 is 15.2 Å². The predicted octanol–water partition coefficient (Wildman–Crippen LogP) is 5.45. The molecular formula is C28H28ClN7. The lowest BCUT2D eigenvalue weighted by atomic mass is 10.1. The molecule has 182 valence electrons. The van der Waals surface area contributed by atoms with Crippen LogP contribution in [0.2, 0.25) is 5.02 Å². The van der Waals surface area contributed by atoms with Crippen LogP contribution in [-0.4, -0.2) is 58.0 Å². The second-order valence-corrected chi connectivity index (χ2v) is 9.56. The number of halogens is 1. The van der Waals surface area contributed by atoms with E-state index >= 15 is 0 Å². The molecule has 1 aliphatic rings.